The Morgan fingerprint density at radius 2 is 1.97 bits per heavy atom. The maximum atomic E-state index is 12.5. The molecule has 2 heterocycles. The number of nitrogens with one attached hydrogen (secondary N) is 1. The molecule has 0 saturated heterocycles. The van der Waals surface area contributed by atoms with Crippen LogP contribution in [0.4, 0.5) is 0 Å². The summed E-state index contributed by atoms with van der Waals surface area (Å²) in [4.78, 5) is 32.6. The zero-order valence-electron chi connectivity index (χ0n) is 15.9. The number of methoxy groups -OCH3 is 1. The van der Waals surface area contributed by atoms with Crippen molar-refractivity contribution in [2.45, 2.75) is 37.6 Å². The lowest BCUT2D eigenvalue weighted by molar-refractivity contribution is 0.0594. The van der Waals surface area contributed by atoms with E-state index in [1.54, 1.807) is 18.2 Å². The van der Waals surface area contributed by atoms with Gasteiger partial charge in [-0.25, -0.2) is 14.8 Å². The largest absolute Gasteiger partial charge is 0.464 e. The molecule has 8 heteroatoms. The van der Waals surface area contributed by atoms with Crippen LogP contribution in [0.15, 0.2) is 40.9 Å². The van der Waals surface area contributed by atoms with Gasteiger partial charge in [0.05, 0.1) is 7.11 Å². The van der Waals surface area contributed by atoms with E-state index in [-0.39, 0.29) is 23.6 Å². The Labute approximate surface area is 172 Å². The van der Waals surface area contributed by atoms with Crippen molar-refractivity contribution in [3.63, 3.8) is 0 Å². The molecule has 1 N–H and O–H groups in total. The van der Waals surface area contributed by atoms with E-state index in [0.29, 0.717) is 10.6 Å². The Bertz CT molecular complexity index is 1060. The molecule has 7 nitrogen and oxygen atoms in total. The quantitative estimate of drug-likeness (QED) is 0.646. The molecule has 1 aromatic carbocycles. The van der Waals surface area contributed by atoms with Crippen LogP contribution in [0.5, 0.6) is 0 Å². The number of esters is 1. The van der Waals surface area contributed by atoms with Gasteiger partial charge in [-0.05, 0) is 56.0 Å². The highest BCUT2D eigenvalue weighted by molar-refractivity contribution is 6.31. The molecule has 3 aromatic rings. The first-order chi connectivity index (χ1) is 14.0. The average Bonchev–Trinajstić information content (AvgIpc) is 3.17. The minimum atomic E-state index is -0.570. The summed E-state index contributed by atoms with van der Waals surface area (Å²) in [5.74, 6) is 0.155. The summed E-state index contributed by atoms with van der Waals surface area (Å²) in [6, 6.07) is 8.50. The van der Waals surface area contributed by atoms with E-state index >= 15 is 0 Å². The smallest absolute Gasteiger partial charge is 0.356 e. The number of halogens is 1. The van der Waals surface area contributed by atoms with Crippen molar-refractivity contribution in [1.82, 2.24) is 15.3 Å². The molecule has 1 aliphatic carbocycles. The molecule has 0 atom stereocenters. The lowest BCUT2D eigenvalue weighted by Crippen LogP contribution is -2.37. The predicted molar refractivity (Wildman–Crippen MR) is 107 cm³/mol. The molecule has 0 spiro atoms. The Morgan fingerprint density at radius 3 is 2.72 bits per heavy atom. The molecule has 1 saturated carbocycles. The molecule has 0 radical (unpaired) electrons. The van der Waals surface area contributed by atoms with Gasteiger partial charge < -0.3 is 14.5 Å². The zero-order valence-corrected chi connectivity index (χ0v) is 16.6. The highest BCUT2D eigenvalue weighted by Crippen LogP contribution is 2.34. The van der Waals surface area contributed by atoms with E-state index in [4.69, 9.17) is 16.0 Å². The van der Waals surface area contributed by atoms with Crippen LogP contribution in [0, 0.1) is 0 Å². The first-order valence-electron chi connectivity index (χ1n) is 9.44. The standard InChI is InChI=1S/C21H20ClN3O4/c1-28-21(27)17-10-13(8-9-23-17)19(26)24-15-5-2-12(3-6-15)20-25-16-11-14(22)4-7-18(16)29-20/h4,7-12,15H,2-3,5-6H2,1H3,(H,24,26). The number of rotatable bonds is 4. The maximum absolute atomic E-state index is 12.5. The molecule has 1 amide bonds. The summed E-state index contributed by atoms with van der Waals surface area (Å²) in [6.45, 7) is 0. The number of carbonyl (C=O) groups excluding carboxylic acids is 2. The fraction of sp³-hybridized carbons (Fsp3) is 0.333. The number of hydrogen-bond acceptors (Lipinski definition) is 6. The number of aromatic nitrogens is 2. The second-order valence-corrected chi connectivity index (χ2v) is 7.54. The third-order valence-corrected chi connectivity index (χ3v) is 5.43. The topological polar surface area (TPSA) is 94.3 Å². The van der Waals surface area contributed by atoms with Gasteiger partial charge in [0.25, 0.3) is 5.91 Å². The third-order valence-electron chi connectivity index (χ3n) is 5.19. The molecule has 4 rings (SSSR count). The van der Waals surface area contributed by atoms with Crippen molar-refractivity contribution in [3.05, 3.63) is 58.7 Å². The minimum absolute atomic E-state index is 0.0623. The molecule has 29 heavy (non-hydrogen) atoms. The number of fused-ring (bicyclic) bond motifs is 1. The number of oxazole rings is 1. The Balaban J connectivity index is 1.37. The molecule has 0 aliphatic heterocycles. The van der Waals surface area contributed by atoms with Crippen LogP contribution in [0.3, 0.4) is 0 Å². The van der Waals surface area contributed by atoms with E-state index in [1.807, 2.05) is 6.07 Å². The fourth-order valence-electron chi connectivity index (χ4n) is 3.63. The predicted octanol–water partition coefficient (Wildman–Crippen LogP) is 4.12. The van der Waals surface area contributed by atoms with Crippen LogP contribution >= 0.6 is 11.6 Å². The molecule has 0 unspecified atom stereocenters. The normalized spacial score (nSPS) is 19.1. The van der Waals surface area contributed by atoms with Gasteiger partial charge in [-0.1, -0.05) is 11.6 Å². The van der Waals surface area contributed by atoms with Crippen molar-refractivity contribution >= 4 is 34.6 Å². The highest BCUT2D eigenvalue weighted by atomic mass is 35.5. The molecule has 1 aliphatic rings. The SMILES string of the molecule is COC(=O)c1cc(C(=O)NC2CCC(c3nc4cc(Cl)ccc4o3)CC2)ccn1. The van der Waals surface area contributed by atoms with Crippen LogP contribution in [0.1, 0.15) is 58.3 Å². The number of amides is 1. The van der Waals surface area contributed by atoms with Gasteiger partial charge >= 0.3 is 5.97 Å². The van der Waals surface area contributed by atoms with Crippen molar-refractivity contribution < 1.29 is 18.7 Å². The molecule has 150 valence electrons. The maximum Gasteiger partial charge on any atom is 0.356 e. The van der Waals surface area contributed by atoms with Crippen LogP contribution in [-0.4, -0.2) is 35.0 Å². The lowest BCUT2D eigenvalue weighted by Gasteiger charge is -2.27. The number of carbonyl (C=O) groups is 2. The summed E-state index contributed by atoms with van der Waals surface area (Å²) < 4.78 is 10.5. The summed E-state index contributed by atoms with van der Waals surface area (Å²) >= 11 is 6.02. The summed E-state index contributed by atoms with van der Waals surface area (Å²) in [5, 5.41) is 3.67. The van der Waals surface area contributed by atoms with E-state index in [0.717, 1.165) is 42.7 Å². The fourth-order valence-corrected chi connectivity index (χ4v) is 3.80. The Morgan fingerprint density at radius 1 is 1.17 bits per heavy atom. The van der Waals surface area contributed by atoms with Crippen molar-refractivity contribution in [1.29, 1.82) is 0 Å². The number of pyridine rings is 1. The van der Waals surface area contributed by atoms with Gasteiger partial charge in [-0.15, -0.1) is 0 Å². The minimum Gasteiger partial charge on any atom is -0.464 e. The molecular weight excluding hydrogens is 394 g/mol. The average molecular weight is 414 g/mol. The monoisotopic (exact) mass is 413 g/mol. The summed E-state index contributed by atoms with van der Waals surface area (Å²) in [5.41, 5.74) is 2.00. The molecule has 1 fully saturated rings. The number of hydrogen-bond donors (Lipinski definition) is 1. The second-order valence-electron chi connectivity index (χ2n) is 7.11. The number of ether oxygens (including phenoxy) is 1. The first-order valence-corrected chi connectivity index (χ1v) is 9.82. The van der Waals surface area contributed by atoms with Gasteiger partial charge in [0.2, 0.25) is 0 Å². The van der Waals surface area contributed by atoms with Crippen LogP contribution in [0.2, 0.25) is 5.02 Å². The number of benzene rings is 1. The molecular formula is C21H20ClN3O4. The zero-order chi connectivity index (χ0) is 20.4. The molecule has 2 aromatic heterocycles. The van der Waals surface area contributed by atoms with Crippen LogP contribution in [0.25, 0.3) is 11.1 Å². The van der Waals surface area contributed by atoms with Gasteiger partial charge in [-0.2, -0.15) is 0 Å². The lowest BCUT2D eigenvalue weighted by atomic mass is 9.86. The first kappa shape index (κ1) is 19.4. The summed E-state index contributed by atoms with van der Waals surface area (Å²) in [6.07, 6.45) is 4.82. The van der Waals surface area contributed by atoms with Gasteiger partial charge in [0, 0.05) is 28.7 Å². The van der Waals surface area contributed by atoms with E-state index in [1.165, 1.54) is 19.4 Å². The van der Waals surface area contributed by atoms with Gasteiger partial charge in [0.15, 0.2) is 11.5 Å². The summed E-state index contributed by atoms with van der Waals surface area (Å²) in [7, 11) is 1.28. The van der Waals surface area contributed by atoms with E-state index in [9.17, 15) is 9.59 Å². The third kappa shape index (κ3) is 4.24. The van der Waals surface area contributed by atoms with Gasteiger partial charge in [-0.3, -0.25) is 4.79 Å². The van der Waals surface area contributed by atoms with Gasteiger partial charge in [0.1, 0.15) is 11.2 Å². The van der Waals surface area contributed by atoms with Crippen LogP contribution < -0.4 is 5.32 Å². The Hall–Kier alpha value is -2.93. The van der Waals surface area contributed by atoms with Crippen molar-refractivity contribution in [2.24, 2.45) is 0 Å². The number of nitrogens with zero attached hydrogens (tertiary/aromatic N) is 2. The molecule has 0 bridgehead atoms. The van der Waals surface area contributed by atoms with Crippen molar-refractivity contribution in [2.75, 3.05) is 7.11 Å². The Kier molecular flexibility index (Phi) is 5.49. The van der Waals surface area contributed by atoms with E-state index in [2.05, 4.69) is 20.0 Å². The van der Waals surface area contributed by atoms with Crippen LogP contribution in [-0.2, 0) is 4.74 Å². The second kappa shape index (κ2) is 8.21. The highest BCUT2D eigenvalue weighted by Gasteiger charge is 2.27. The van der Waals surface area contributed by atoms with E-state index < -0.39 is 5.97 Å². The van der Waals surface area contributed by atoms with Crippen molar-refractivity contribution in [3.8, 4) is 0 Å².